The first-order chi connectivity index (χ1) is 14.6. The maximum atomic E-state index is 12.3. The summed E-state index contributed by atoms with van der Waals surface area (Å²) >= 11 is 0. The van der Waals surface area contributed by atoms with Gasteiger partial charge in [0.05, 0.1) is 0 Å². The molecule has 5 rings (SSSR count). The van der Waals surface area contributed by atoms with Gasteiger partial charge in [-0.05, 0) is 68.2 Å². The second-order valence-corrected chi connectivity index (χ2v) is 8.84. The molecule has 156 valence electrons. The summed E-state index contributed by atoms with van der Waals surface area (Å²) in [6.07, 6.45) is 5.45. The third-order valence-corrected chi connectivity index (χ3v) is 7.05. The minimum Gasteiger partial charge on any atom is -0.456 e. The number of aryl methyl sites for hydroxylation is 1. The van der Waals surface area contributed by atoms with Crippen molar-refractivity contribution in [3.8, 4) is 0 Å². The fourth-order valence-electron chi connectivity index (χ4n) is 5.71. The first kappa shape index (κ1) is 19.2. The molecule has 2 aliphatic rings. The van der Waals surface area contributed by atoms with Crippen molar-refractivity contribution in [2.45, 2.75) is 45.6 Å². The van der Waals surface area contributed by atoms with Crippen LogP contribution >= 0.6 is 0 Å². The Morgan fingerprint density at radius 2 is 1.90 bits per heavy atom. The predicted octanol–water partition coefficient (Wildman–Crippen LogP) is 5.12. The number of hydrogen-bond donors (Lipinski definition) is 1. The number of para-hydroxylation sites is 1. The molecule has 0 aliphatic heterocycles. The van der Waals surface area contributed by atoms with E-state index in [0.717, 1.165) is 35.5 Å². The average molecular weight is 405 g/mol. The standard InChI is InChI=1S/C25H28N2O3/c1-2-27-22-6-4-3-5-20(22)21-14-19(9-10-23(21)27)26-24(28)15-30-25(29)13-18-12-16-7-8-17(18)11-16/h3-6,9-10,14,16-18H,2,7-8,11-13,15H2,1H3,(H,26,28)/t16-,17-,18+/m1/s1. The van der Waals surface area contributed by atoms with Crippen molar-refractivity contribution in [2.75, 3.05) is 11.9 Å². The molecule has 5 nitrogen and oxygen atoms in total. The van der Waals surface area contributed by atoms with Crippen LogP contribution in [0.25, 0.3) is 21.8 Å². The monoisotopic (exact) mass is 404 g/mol. The second-order valence-electron chi connectivity index (χ2n) is 8.84. The van der Waals surface area contributed by atoms with E-state index in [1.165, 1.54) is 30.2 Å². The number of ether oxygens (including phenoxy) is 1. The normalized spacial score (nSPS) is 22.6. The van der Waals surface area contributed by atoms with Crippen LogP contribution in [0.15, 0.2) is 42.5 Å². The number of carbonyl (C=O) groups is 2. The molecule has 2 aliphatic carbocycles. The lowest BCUT2D eigenvalue weighted by Crippen LogP contribution is -2.23. The molecular formula is C25H28N2O3. The van der Waals surface area contributed by atoms with Gasteiger partial charge in [-0.25, -0.2) is 0 Å². The molecule has 3 atom stereocenters. The van der Waals surface area contributed by atoms with Crippen LogP contribution in [0, 0.1) is 17.8 Å². The largest absolute Gasteiger partial charge is 0.456 e. The first-order valence-corrected chi connectivity index (χ1v) is 11.1. The van der Waals surface area contributed by atoms with Gasteiger partial charge < -0.3 is 14.6 Å². The van der Waals surface area contributed by atoms with E-state index < -0.39 is 0 Å². The molecule has 2 bridgehead atoms. The lowest BCUT2D eigenvalue weighted by molar-refractivity contribution is -0.148. The van der Waals surface area contributed by atoms with Gasteiger partial charge in [0.25, 0.3) is 5.91 Å². The number of anilines is 1. The van der Waals surface area contributed by atoms with Crippen molar-refractivity contribution < 1.29 is 14.3 Å². The van der Waals surface area contributed by atoms with Crippen LogP contribution in [-0.4, -0.2) is 23.1 Å². The van der Waals surface area contributed by atoms with Gasteiger partial charge in [0.1, 0.15) is 0 Å². The summed E-state index contributed by atoms with van der Waals surface area (Å²) < 4.78 is 7.54. The van der Waals surface area contributed by atoms with Gasteiger partial charge in [-0.3, -0.25) is 9.59 Å². The Kier molecular flexibility index (Phi) is 4.97. The SMILES string of the molecule is CCn1c2ccccc2c2cc(NC(=O)COC(=O)C[C@@H]3C[C@@H]4CC[C@@H]3C4)ccc21. The number of carbonyl (C=O) groups excluding carboxylic acids is 2. The Bertz CT molecular complexity index is 1120. The van der Waals surface area contributed by atoms with E-state index in [-0.39, 0.29) is 18.5 Å². The molecule has 1 heterocycles. The summed E-state index contributed by atoms with van der Waals surface area (Å²) in [5.74, 6) is 1.41. The van der Waals surface area contributed by atoms with Crippen molar-refractivity contribution in [3.05, 3.63) is 42.5 Å². The number of aromatic nitrogens is 1. The lowest BCUT2D eigenvalue weighted by Gasteiger charge is -2.20. The number of fused-ring (bicyclic) bond motifs is 5. The Morgan fingerprint density at radius 3 is 2.67 bits per heavy atom. The van der Waals surface area contributed by atoms with E-state index in [1.807, 2.05) is 30.3 Å². The van der Waals surface area contributed by atoms with E-state index in [0.29, 0.717) is 18.3 Å². The number of benzene rings is 2. The Hall–Kier alpha value is -2.82. The van der Waals surface area contributed by atoms with Gasteiger partial charge in [-0.1, -0.05) is 24.6 Å². The number of amides is 1. The molecule has 0 unspecified atom stereocenters. The van der Waals surface area contributed by atoms with Gasteiger partial charge in [-0.2, -0.15) is 0 Å². The van der Waals surface area contributed by atoms with Gasteiger partial charge in [-0.15, -0.1) is 0 Å². The molecule has 0 radical (unpaired) electrons. The summed E-state index contributed by atoms with van der Waals surface area (Å²) in [6.45, 7) is 2.79. The summed E-state index contributed by atoms with van der Waals surface area (Å²) in [6, 6.07) is 14.2. The van der Waals surface area contributed by atoms with Crippen molar-refractivity contribution >= 4 is 39.4 Å². The molecule has 1 N–H and O–H groups in total. The van der Waals surface area contributed by atoms with Gasteiger partial charge in [0.15, 0.2) is 6.61 Å². The maximum absolute atomic E-state index is 12.3. The van der Waals surface area contributed by atoms with E-state index >= 15 is 0 Å². The van der Waals surface area contributed by atoms with E-state index in [1.54, 1.807) is 0 Å². The number of hydrogen-bond acceptors (Lipinski definition) is 3. The van der Waals surface area contributed by atoms with Crippen molar-refractivity contribution in [1.82, 2.24) is 4.57 Å². The molecule has 30 heavy (non-hydrogen) atoms. The highest BCUT2D eigenvalue weighted by Gasteiger charge is 2.40. The number of rotatable bonds is 6. The topological polar surface area (TPSA) is 60.3 Å². The van der Waals surface area contributed by atoms with Crippen molar-refractivity contribution in [3.63, 3.8) is 0 Å². The Morgan fingerprint density at radius 1 is 1.07 bits per heavy atom. The molecule has 0 spiro atoms. The van der Waals surface area contributed by atoms with E-state index in [2.05, 4.69) is 28.9 Å². The minimum absolute atomic E-state index is 0.228. The van der Waals surface area contributed by atoms with E-state index in [4.69, 9.17) is 4.74 Å². The number of esters is 1. The van der Waals surface area contributed by atoms with Crippen LogP contribution in [0.5, 0.6) is 0 Å². The van der Waals surface area contributed by atoms with E-state index in [9.17, 15) is 9.59 Å². The number of nitrogens with one attached hydrogen (secondary N) is 1. The summed E-state index contributed by atoms with van der Waals surface area (Å²) in [4.78, 5) is 24.5. The van der Waals surface area contributed by atoms with Gasteiger partial charge in [0, 0.05) is 40.5 Å². The smallest absolute Gasteiger partial charge is 0.306 e. The van der Waals surface area contributed by atoms with Crippen molar-refractivity contribution in [2.24, 2.45) is 17.8 Å². The molecule has 3 aromatic rings. The summed E-state index contributed by atoms with van der Waals surface area (Å²) in [5.41, 5.74) is 3.05. The fourth-order valence-corrected chi connectivity index (χ4v) is 5.71. The molecule has 2 saturated carbocycles. The zero-order chi connectivity index (χ0) is 20.7. The quantitative estimate of drug-likeness (QED) is 0.580. The maximum Gasteiger partial charge on any atom is 0.306 e. The molecule has 2 fully saturated rings. The molecular weight excluding hydrogens is 376 g/mol. The predicted molar refractivity (Wildman–Crippen MR) is 118 cm³/mol. The second kappa shape index (κ2) is 7.78. The third-order valence-electron chi connectivity index (χ3n) is 7.05. The van der Waals surface area contributed by atoms with Gasteiger partial charge in [0.2, 0.25) is 0 Å². The number of nitrogens with zero attached hydrogens (tertiary/aromatic N) is 1. The molecule has 2 aromatic carbocycles. The average Bonchev–Trinajstić information content (AvgIpc) is 3.45. The van der Waals surface area contributed by atoms with Gasteiger partial charge >= 0.3 is 5.97 Å². The Labute approximate surface area is 176 Å². The van der Waals surface area contributed by atoms with Crippen LogP contribution in [0.3, 0.4) is 0 Å². The summed E-state index contributed by atoms with van der Waals surface area (Å²) in [5, 5.41) is 5.16. The first-order valence-electron chi connectivity index (χ1n) is 11.1. The highest BCUT2D eigenvalue weighted by Crippen LogP contribution is 2.49. The van der Waals surface area contributed by atoms with Crippen LogP contribution in [0.4, 0.5) is 5.69 Å². The summed E-state index contributed by atoms with van der Waals surface area (Å²) in [7, 11) is 0. The van der Waals surface area contributed by atoms with Crippen LogP contribution in [-0.2, 0) is 20.9 Å². The van der Waals surface area contributed by atoms with Crippen LogP contribution in [0.2, 0.25) is 0 Å². The third kappa shape index (κ3) is 3.47. The molecule has 1 amide bonds. The molecule has 1 aromatic heterocycles. The van der Waals surface area contributed by atoms with Crippen molar-refractivity contribution in [1.29, 1.82) is 0 Å². The van der Waals surface area contributed by atoms with Crippen LogP contribution < -0.4 is 5.32 Å². The fraction of sp³-hybridized carbons (Fsp3) is 0.440. The highest BCUT2D eigenvalue weighted by molar-refractivity contribution is 6.09. The zero-order valence-corrected chi connectivity index (χ0v) is 17.4. The molecule has 5 heteroatoms. The lowest BCUT2D eigenvalue weighted by atomic mass is 9.86. The minimum atomic E-state index is -0.296. The molecule has 0 saturated heterocycles. The zero-order valence-electron chi connectivity index (χ0n) is 17.4. The van der Waals surface area contributed by atoms with Crippen LogP contribution in [0.1, 0.15) is 39.0 Å². The highest BCUT2D eigenvalue weighted by atomic mass is 16.5. The Balaban J connectivity index is 1.22.